The van der Waals surface area contributed by atoms with Crippen molar-refractivity contribution in [3.8, 4) is 11.5 Å². The normalized spacial score (nSPS) is 27.2. The van der Waals surface area contributed by atoms with E-state index in [0.29, 0.717) is 0 Å². The summed E-state index contributed by atoms with van der Waals surface area (Å²) >= 11 is 0. The largest absolute Gasteiger partial charge is 0.484 e. The second-order valence-corrected chi connectivity index (χ2v) is 30.0. The highest BCUT2D eigenvalue weighted by Gasteiger charge is 2.46. The molecule has 1 aromatic rings. The molecule has 1 aromatic carbocycles. The maximum Gasteiger partial charge on any atom is 0.335 e. The number of aromatic carboxylic acids is 1. The lowest BCUT2D eigenvalue weighted by Gasteiger charge is -2.44. The minimum absolute atomic E-state index is 0.0178. The van der Waals surface area contributed by atoms with E-state index in [9.17, 15) is 57.8 Å². The quantitative estimate of drug-likeness (QED) is 0.0421. The van der Waals surface area contributed by atoms with E-state index in [1.54, 1.807) is 0 Å². The highest BCUT2D eigenvalue weighted by Crippen LogP contribution is 2.37. The van der Waals surface area contributed by atoms with Crippen molar-refractivity contribution >= 4 is 65.0 Å². The van der Waals surface area contributed by atoms with E-state index in [1.165, 1.54) is 33.8 Å². The second-order valence-electron chi connectivity index (χ2n) is 30.0. The van der Waals surface area contributed by atoms with Gasteiger partial charge < -0.3 is 124 Å². The van der Waals surface area contributed by atoms with Gasteiger partial charge in [0.05, 0.1) is 133 Å². The Morgan fingerprint density at radius 3 is 0.791 bits per heavy atom. The van der Waals surface area contributed by atoms with E-state index in [4.69, 9.17) is 66.3 Å². The number of hydrogen-bond donors (Lipinski definition) is 9. The van der Waals surface area contributed by atoms with E-state index in [0.717, 1.165) is 47.6 Å². The van der Waals surface area contributed by atoms with E-state index in [2.05, 4.69) is 70.2 Å². The van der Waals surface area contributed by atoms with Gasteiger partial charge in [-0.2, -0.15) is 0 Å². The van der Waals surface area contributed by atoms with Gasteiger partial charge in [0.15, 0.2) is 38.4 Å². The Kier molecular flexibility index (Phi) is 44.1. The maximum atomic E-state index is 14.1. The van der Waals surface area contributed by atoms with Gasteiger partial charge in [-0.1, -0.05) is 83.1 Å². The summed E-state index contributed by atoms with van der Waals surface area (Å²) in [4.78, 5) is 145. The minimum atomic E-state index is -1.46. The molecule has 4 heterocycles. The molecule has 0 aromatic heterocycles. The number of amides is 10. The van der Waals surface area contributed by atoms with Crippen molar-refractivity contribution in [2.75, 3.05) is 145 Å². The van der Waals surface area contributed by atoms with Crippen molar-refractivity contribution in [1.82, 2.24) is 52.3 Å². The van der Waals surface area contributed by atoms with Gasteiger partial charge in [-0.3, -0.25) is 47.9 Å². The van der Waals surface area contributed by atoms with E-state index >= 15 is 0 Å². The molecule has 654 valence electrons. The molecule has 9 N–H and O–H groups in total. The predicted octanol–water partition coefficient (Wildman–Crippen LogP) is 2.04. The Morgan fingerprint density at radius 1 is 0.348 bits per heavy atom. The minimum Gasteiger partial charge on any atom is -0.484 e. The van der Waals surface area contributed by atoms with Gasteiger partial charge in [0.2, 0.25) is 47.3 Å². The molecule has 0 aliphatic carbocycles. The van der Waals surface area contributed by atoms with Gasteiger partial charge in [-0.25, -0.2) is 4.79 Å². The molecule has 4 aliphatic rings. The van der Waals surface area contributed by atoms with Gasteiger partial charge in [-0.15, -0.1) is 0 Å². The zero-order valence-corrected chi connectivity index (χ0v) is 70.2. The third-order valence-electron chi connectivity index (χ3n) is 21.6. The molecule has 4 fully saturated rings. The fraction of sp³-hybridized carbons (Fsp3) is 0.785. The molecule has 5 rings (SSSR count). The summed E-state index contributed by atoms with van der Waals surface area (Å²) in [5.41, 5.74) is -0.405. The van der Waals surface area contributed by atoms with Crippen LogP contribution in [0.1, 0.15) is 147 Å². The molecule has 115 heavy (non-hydrogen) atoms. The van der Waals surface area contributed by atoms with Crippen LogP contribution in [0.5, 0.6) is 11.5 Å². The average molecular weight is 1640 g/mol. The molecular formula is C79H132N10O26. The van der Waals surface area contributed by atoms with Crippen LogP contribution in [0.25, 0.3) is 0 Å². The zero-order chi connectivity index (χ0) is 84.8. The Balaban J connectivity index is 1.21. The number of nitrogens with zero attached hydrogens (tertiary/aromatic N) is 2. The lowest BCUT2D eigenvalue weighted by Crippen LogP contribution is -2.57. The highest BCUT2D eigenvalue weighted by molar-refractivity contribution is 5.91. The Labute approximate surface area is 676 Å². The van der Waals surface area contributed by atoms with Crippen molar-refractivity contribution in [2.45, 2.75) is 210 Å². The Hall–Kier alpha value is -7.49. The van der Waals surface area contributed by atoms with Crippen LogP contribution in [-0.2, 0) is 105 Å². The fourth-order valence-corrected chi connectivity index (χ4v) is 14.4. The van der Waals surface area contributed by atoms with Crippen LogP contribution < -0.4 is 52.0 Å². The predicted molar refractivity (Wildman–Crippen MR) is 416 cm³/mol. The summed E-state index contributed by atoms with van der Waals surface area (Å²) in [6.45, 7) is 26.8. The van der Waals surface area contributed by atoms with Crippen LogP contribution in [0, 0.1) is 47.3 Å². The van der Waals surface area contributed by atoms with Crippen molar-refractivity contribution in [1.29, 1.82) is 0 Å². The first-order valence-corrected chi connectivity index (χ1v) is 40.5. The van der Waals surface area contributed by atoms with Gasteiger partial charge in [0.1, 0.15) is 37.7 Å². The summed E-state index contributed by atoms with van der Waals surface area (Å²) in [5, 5.41) is 32.7. The second kappa shape index (κ2) is 51.7. The van der Waals surface area contributed by atoms with E-state index in [-0.39, 0.29) is 237 Å². The molecule has 20 atom stereocenters. The standard InChI is InChI=1S/C79H132N10O26/c1-17-61-46(5)50(9)71(84-54(13)90)76(112-61)106-33-29-102-25-21-80-65(94)40-88(41-66(95)81-22-26-103-30-34-107-77-72(85-55(14)91)51(10)47(6)62(18-2)113-77)69(98)44-110-59-37-58(75(100)101)38-60(39-59)111-45-70(99)89(42-67(96)82-23-27-104-31-35-108-78-73(86-56(15)92)52(11)48(7)63(19-3)114-78)43-68(97)83-24-28-105-32-36-109-79-74(87-57(16)93)53(12)49(8)64(20-4)115-79/h37-39,46-53,61-64,71-74,76-79H,17-36,40-45H2,1-16H3,(H,80,94)(H,81,95)(H,82,96)(H,83,97)(H,84,90)(H,85,91)(H,86,92)(H,87,93)(H,100,101). The molecule has 0 radical (unpaired) electrons. The fourth-order valence-electron chi connectivity index (χ4n) is 14.4. The molecule has 4 aliphatic heterocycles. The summed E-state index contributed by atoms with van der Waals surface area (Å²) in [5.74, 6) is -6.40. The number of carbonyl (C=O) groups is 11. The molecule has 0 bridgehead atoms. The molecule has 36 nitrogen and oxygen atoms in total. The number of ether oxygens (including phenoxy) is 14. The van der Waals surface area contributed by atoms with Crippen molar-refractivity contribution in [2.24, 2.45) is 47.3 Å². The molecule has 20 unspecified atom stereocenters. The molecule has 36 heteroatoms. The number of hydrogen-bond acceptors (Lipinski definition) is 25. The SMILES string of the molecule is CCC1OC(OCCOCCNC(=O)CN(CC(=O)NCCOCCOC2OC(CC)C(C)C(C)C2NC(C)=O)C(=O)COc2cc(OCC(=O)N(CC(=O)NCCOCCOC3OC(CC)C(C)C(C)C3NC(C)=O)CC(=O)NCCOCCOC3OC(CC)C(C)C(C)C3NC(C)=O)cc(C(=O)O)c2)C(NC(C)=O)C(C)C1C. The monoisotopic (exact) mass is 1640 g/mol. The van der Waals surface area contributed by atoms with Crippen LogP contribution >= 0.6 is 0 Å². The first-order chi connectivity index (χ1) is 54.8. The number of benzene rings is 1. The average Bonchev–Trinajstić information content (AvgIpc) is 0.825. The molecule has 10 amide bonds. The lowest BCUT2D eigenvalue weighted by atomic mass is 9.81. The van der Waals surface area contributed by atoms with Crippen LogP contribution in [-0.4, -0.2) is 299 Å². The molecule has 0 saturated carbocycles. The number of rotatable bonds is 51. The third kappa shape index (κ3) is 33.4. The Morgan fingerprint density at radius 2 is 0.583 bits per heavy atom. The lowest BCUT2D eigenvalue weighted by molar-refractivity contribution is -0.239. The number of carbonyl (C=O) groups excluding carboxylic acids is 10. The van der Waals surface area contributed by atoms with Crippen molar-refractivity contribution in [3.05, 3.63) is 23.8 Å². The first kappa shape index (κ1) is 98.1. The van der Waals surface area contributed by atoms with E-state index in [1.807, 2.05) is 55.4 Å². The third-order valence-corrected chi connectivity index (χ3v) is 21.6. The first-order valence-electron chi connectivity index (χ1n) is 40.5. The van der Waals surface area contributed by atoms with Crippen LogP contribution in [0.4, 0.5) is 0 Å². The number of carboxylic acids is 1. The van der Waals surface area contributed by atoms with Gasteiger partial charge in [0.25, 0.3) is 11.8 Å². The molecular weight excluding hydrogens is 1500 g/mol. The van der Waals surface area contributed by atoms with Crippen LogP contribution in [0.3, 0.4) is 0 Å². The van der Waals surface area contributed by atoms with Gasteiger partial charge in [0, 0.05) is 59.9 Å². The maximum absolute atomic E-state index is 14.1. The number of carboxylic acid groups (broad SMARTS) is 1. The van der Waals surface area contributed by atoms with Gasteiger partial charge >= 0.3 is 5.97 Å². The van der Waals surface area contributed by atoms with Crippen LogP contribution in [0.15, 0.2) is 18.2 Å². The Bertz CT molecular complexity index is 2870. The zero-order valence-electron chi connectivity index (χ0n) is 70.2. The smallest absolute Gasteiger partial charge is 0.335 e. The topological polar surface area (TPSA) is 440 Å². The number of nitrogens with one attached hydrogen (secondary N) is 8. The van der Waals surface area contributed by atoms with Crippen molar-refractivity contribution in [3.63, 3.8) is 0 Å². The molecule has 4 saturated heterocycles. The van der Waals surface area contributed by atoms with Crippen LogP contribution in [0.2, 0.25) is 0 Å². The van der Waals surface area contributed by atoms with Gasteiger partial charge in [-0.05, 0) is 85.2 Å². The highest BCUT2D eigenvalue weighted by atomic mass is 16.7. The summed E-state index contributed by atoms with van der Waals surface area (Å²) in [6.07, 6.45) is -0.157. The molecule has 0 spiro atoms. The summed E-state index contributed by atoms with van der Waals surface area (Å²) < 4.78 is 83.6. The summed E-state index contributed by atoms with van der Waals surface area (Å²) in [6, 6.07) is 1.79. The summed E-state index contributed by atoms with van der Waals surface area (Å²) in [7, 11) is 0. The van der Waals surface area contributed by atoms with E-state index < -0.39 is 112 Å². The van der Waals surface area contributed by atoms with Crippen molar-refractivity contribution < 1.29 is 124 Å².